The number of hydrogen-bond donors (Lipinski definition) is 1. The Morgan fingerprint density at radius 3 is 3.05 bits per heavy atom. The maximum Gasteiger partial charge on any atom is 0.218 e. The predicted octanol–water partition coefficient (Wildman–Crippen LogP) is 2.65. The van der Waals surface area contributed by atoms with Crippen LogP contribution in [0.4, 0.5) is 5.82 Å². The molecule has 0 atom stereocenters. The zero-order valence-electron chi connectivity index (χ0n) is 11.1. The van der Waals surface area contributed by atoms with Crippen molar-refractivity contribution in [1.29, 1.82) is 0 Å². The first-order chi connectivity index (χ1) is 9.74. The largest absolute Gasteiger partial charge is 0.493 e. The van der Waals surface area contributed by atoms with Gasteiger partial charge in [0.1, 0.15) is 11.5 Å². The first-order valence-corrected chi connectivity index (χ1v) is 6.71. The van der Waals surface area contributed by atoms with Crippen LogP contribution >= 0.6 is 0 Å². The lowest BCUT2D eigenvalue weighted by Gasteiger charge is -1.98. The Morgan fingerprint density at radius 1 is 1.40 bits per heavy atom. The average molecular weight is 266 g/mol. The maximum absolute atomic E-state index is 10.2. The average Bonchev–Trinajstić information content (AvgIpc) is 3.18. The fourth-order valence-electron chi connectivity index (χ4n) is 2.52. The van der Waals surface area contributed by atoms with Crippen molar-refractivity contribution in [2.45, 2.75) is 18.8 Å². The van der Waals surface area contributed by atoms with E-state index >= 15 is 0 Å². The number of aliphatic imine (C=N–C) groups is 1. The van der Waals surface area contributed by atoms with Gasteiger partial charge in [-0.3, -0.25) is 0 Å². The van der Waals surface area contributed by atoms with Crippen LogP contribution in [0.15, 0.2) is 23.3 Å². The molecule has 4 rings (SSSR count). The molecule has 5 nitrogen and oxygen atoms in total. The Balaban J connectivity index is 1.78. The van der Waals surface area contributed by atoms with Crippen molar-refractivity contribution < 1.29 is 5.11 Å². The molecule has 0 spiro atoms. The summed E-state index contributed by atoms with van der Waals surface area (Å²) in [5.41, 5.74) is 2.52. The van der Waals surface area contributed by atoms with E-state index in [4.69, 9.17) is 0 Å². The van der Waals surface area contributed by atoms with Crippen molar-refractivity contribution in [3.05, 3.63) is 35.4 Å². The number of aromatic hydroxyl groups is 1. The zero-order valence-corrected chi connectivity index (χ0v) is 11.1. The third-order valence-corrected chi connectivity index (χ3v) is 3.78. The van der Waals surface area contributed by atoms with Gasteiger partial charge < -0.3 is 9.67 Å². The van der Waals surface area contributed by atoms with Crippen LogP contribution in [0.5, 0.6) is 5.88 Å². The highest BCUT2D eigenvalue weighted by atomic mass is 16.3. The summed E-state index contributed by atoms with van der Waals surface area (Å²) >= 11 is 0. The highest BCUT2D eigenvalue weighted by Crippen LogP contribution is 2.41. The molecule has 5 heteroatoms. The minimum Gasteiger partial charge on any atom is -0.493 e. The lowest BCUT2D eigenvalue weighted by atomic mass is 10.1. The highest BCUT2D eigenvalue weighted by Gasteiger charge is 2.30. The molecular weight excluding hydrogens is 252 g/mol. The standard InChI is InChI=1S/C15H14N4O/c1-19-14(9-4-5-9)18-12(15(19)20)7-10-8-17-13-11(10)3-2-6-16-13/h2-3,6-9,20H,4-5H2,1H3/b10-7-. The molecule has 1 saturated carbocycles. The molecule has 2 aromatic heterocycles. The molecular formula is C15H14N4O. The van der Waals surface area contributed by atoms with Gasteiger partial charge in [-0.15, -0.1) is 0 Å². The third-order valence-electron chi connectivity index (χ3n) is 3.78. The number of allylic oxidation sites excluding steroid dienone is 1. The van der Waals surface area contributed by atoms with Gasteiger partial charge >= 0.3 is 0 Å². The Kier molecular flexibility index (Phi) is 2.30. The Bertz CT molecular complexity index is 753. The topological polar surface area (TPSA) is 63.3 Å². The van der Waals surface area contributed by atoms with Crippen molar-refractivity contribution in [2.24, 2.45) is 12.0 Å². The van der Waals surface area contributed by atoms with Gasteiger partial charge in [0.15, 0.2) is 5.82 Å². The van der Waals surface area contributed by atoms with E-state index in [9.17, 15) is 5.11 Å². The number of imidazole rings is 1. The second kappa shape index (κ2) is 4.03. The highest BCUT2D eigenvalue weighted by molar-refractivity contribution is 6.20. The minimum absolute atomic E-state index is 0.213. The molecule has 3 heterocycles. The quantitative estimate of drug-likeness (QED) is 0.908. The summed E-state index contributed by atoms with van der Waals surface area (Å²) in [7, 11) is 1.86. The summed E-state index contributed by atoms with van der Waals surface area (Å²) in [4.78, 5) is 13.0. The van der Waals surface area contributed by atoms with E-state index in [0.29, 0.717) is 11.6 Å². The summed E-state index contributed by atoms with van der Waals surface area (Å²) in [6, 6.07) is 3.86. The van der Waals surface area contributed by atoms with Crippen LogP contribution < -0.4 is 0 Å². The number of aromatic nitrogens is 3. The molecule has 1 aliphatic heterocycles. The van der Waals surface area contributed by atoms with Gasteiger partial charge in [0.2, 0.25) is 5.88 Å². The van der Waals surface area contributed by atoms with E-state index in [2.05, 4.69) is 15.0 Å². The molecule has 100 valence electrons. The van der Waals surface area contributed by atoms with E-state index in [1.165, 1.54) is 0 Å². The van der Waals surface area contributed by atoms with Crippen molar-refractivity contribution in [3.8, 4) is 5.88 Å². The Hall–Kier alpha value is -2.43. The van der Waals surface area contributed by atoms with E-state index in [1.54, 1.807) is 17.0 Å². The lowest BCUT2D eigenvalue weighted by Crippen LogP contribution is -1.94. The van der Waals surface area contributed by atoms with Crippen molar-refractivity contribution >= 4 is 23.7 Å². The van der Waals surface area contributed by atoms with E-state index < -0.39 is 0 Å². The normalized spacial score (nSPS) is 18.8. The maximum atomic E-state index is 10.2. The zero-order chi connectivity index (χ0) is 13.7. The van der Waals surface area contributed by atoms with Gasteiger partial charge in [0, 0.05) is 36.5 Å². The summed E-state index contributed by atoms with van der Waals surface area (Å²) in [5, 5.41) is 10.2. The lowest BCUT2D eigenvalue weighted by molar-refractivity contribution is 0.427. The van der Waals surface area contributed by atoms with E-state index in [0.717, 1.165) is 35.6 Å². The number of hydrogen-bond acceptors (Lipinski definition) is 4. The molecule has 0 unspecified atom stereocenters. The Labute approximate surface area is 116 Å². The SMILES string of the molecule is Cn1c(C2CC2)nc(/C=C2/C=Nc3ncccc32)c1O. The molecule has 2 aliphatic rings. The first kappa shape index (κ1) is 11.4. The number of nitrogens with zero attached hydrogens (tertiary/aromatic N) is 4. The second-order valence-corrected chi connectivity index (χ2v) is 5.24. The van der Waals surface area contributed by atoms with Crippen molar-refractivity contribution in [1.82, 2.24) is 14.5 Å². The molecule has 1 fully saturated rings. The van der Waals surface area contributed by atoms with Crippen LogP contribution in [0.3, 0.4) is 0 Å². The van der Waals surface area contributed by atoms with Crippen LogP contribution in [-0.4, -0.2) is 25.9 Å². The fourth-order valence-corrected chi connectivity index (χ4v) is 2.52. The molecule has 20 heavy (non-hydrogen) atoms. The van der Waals surface area contributed by atoms with Crippen molar-refractivity contribution in [2.75, 3.05) is 0 Å². The van der Waals surface area contributed by atoms with Crippen molar-refractivity contribution in [3.63, 3.8) is 0 Å². The summed E-state index contributed by atoms with van der Waals surface area (Å²) in [5.74, 6) is 2.40. The summed E-state index contributed by atoms with van der Waals surface area (Å²) in [6.07, 6.45) is 7.69. The van der Waals surface area contributed by atoms with Crippen LogP contribution in [0.1, 0.15) is 35.8 Å². The van der Waals surface area contributed by atoms with Gasteiger partial charge in [-0.1, -0.05) is 0 Å². The number of rotatable bonds is 2. The third kappa shape index (κ3) is 1.66. The van der Waals surface area contributed by atoms with Crippen LogP contribution in [0.2, 0.25) is 0 Å². The first-order valence-electron chi connectivity index (χ1n) is 6.71. The van der Waals surface area contributed by atoms with E-state index in [-0.39, 0.29) is 5.88 Å². The van der Waals surface area contributed by atoms with Crippen LogP contribution in [0, 0.1) is 0 Å². The number of fused-ring (bicyclic) bond motifs is 1. The van der Waals surface area contributed by atoms with E-state index in [1.807, 2.05) is 25.3 Å². The Morgan fingerprint density at radius 2 is 2.25 bits per heavy atom. The number of pyridine rings is 1. The monoisotopic (exact) mass is 266 g/mol. The van der Waals surface area contributed by atoms with Gasteiger partial charge in [-0.2, -0.15) is 0 Å². The van der Waals surface area contributed by atoms with Gasteiger partial charge in [-0.25, -0.2) is 15.0 Å². The van der Waals surface area contributed by atoms with Gasteiger partial charge in [0.25, 0.3) is 0 Å². The second-order valence-electron chi connectivity index (χ2n) is 5.24. The molecule has 0 amide bonds. The summed E-state index contributed by atoms with van der Waals surface area (Å²) < 4.78 is 1.78. The molecule has 2 aromatic rings. The molecule has 0 saturated heterocycles. The summed E-state index contributed by atoms with van der Waals surface area (Å²) in [6.45, 7) is 0. The molecule has 0 aromatic carbocycles. The predicted molar refractivity (Wildman–Crippen MR) is 77.1 cm³/mol. The molecule has 1 N–H and O–H groups in total. The molecule has 1 aliphatic carbocycles. The van der Waals surface area contributed by atoms with Crippen LogP contribution in [-0.2, 0) is 7.05 Å². The van der Waals surface area contributed by atoms with Gasteiger partial charge in [0.05, 0.1) is 0 Å². The fraction of sp³-hybridized carbons (Fsp3) is 0.267. The smallest absolute Gasteiger partial charge is 0.218 e. The minimum atomic E-state index is 0.213. The molecule has 0 radical (unpaired) electrons. The van der Waals surface area contributed by atoms with Gasteiger partial charge in [-0.05, 0) is 31.1 Å². The van der Waals surface area contributed by atoms with Crippen LogP contribution in [0.25, 0.3) is 11.6 Å². The molecule has 0 bridgehead atoms.